The van der Waals surface area contributed by atoms with E-state index < -0.39 is 0 Å². The molecule has 0 aliphatic carbocycles. The Morgan fingerprint density at radius 1 is 1.19 bits per heavy atom. The van der Waals surface area contributed by atoms with Gasteiger partial charge >= 0.3 is 0 Å². The predicted octanol–water partition coefficient (Wildman–Crippen LogP) is 5.25. The normalized spacial score (nSPS) is 10.8. The third-order valence-corrected chi connectivity index (χ3v) is 4.44. The summed E-state index contributed by atoms with van der Waals surface area (Å²) in [5, 5.41) is 3.53. The summed E-state index contributed by atoms with van der Waals surface area (Å²) in [6, 6.07) is 6.25. The van der Waals surface area contributed by atoms with Crippen molar-refractivity contribution in [2.75, 3.05) is 25.2 Å². The average molecular weight is 374 g/mol. The highest BCUT2D eigenvalue weighted by Gasteiger charge is 2.04. The van der Waals surface area contributed by atoms with Crippen LogP contribution in [0.4, 0.5) is 0 Å². The molecule has 0 heterocycles. The number of unbranched alkanes of at least 4 members (excludes halogenated alkanes) is 3. The Bertz CT molecular complexity index is 387. The maximum absolute atomic E-state index is 5.80. The SMILES string of the molecule is CCCOc1ccc(Br)cc1CNCCCCCCSC. The summed E-state index contributed by atoms with van der Waals surface area (Å²) in [5.41, 5.74) is 1.24. The fraction of sp³-hybridized carbons (Fsp3) is 0.647. The van der Waals surface area contributed by atoms with Gasteiger partial charge in [0, 0.05) is 16.6 Å². The van der Waals surface area contributed by atoms with E-state index in [0.717, 1.165) is 36.3 Å². The fourth-order valence-corrected chi connectivity index (χ4v) is 3.01. The first-order valence-corrected chi connectivity index (χ1v) is 10.1. The maximum atomic E-state index is 5.80. The van der Waals surface area contributed by atoms with Crippen molar-refractivity contribution < 1.29 is 4.74 Å². The van der Waals surface area contributed by atoms with Gasteiger partial charge in [0.25, 0.3) is 0 Å². The number of benzene rings is 1. The molecule has 0 aliphatic heterocycles. The zero-order valence-corrected chi connectivity index (χ0v) is 15.7. The molecule has 120 valence electrons. The first kappa shape index (κ1) is 18.9. The number of hydrogen-bond donors (Lipinski definition) is 1. The van der Waals surface area contributed by atoms with Crippen LogP contribution in [-0.4, -0.2) is 25.2 Å². The fourth-order valence-electron chi connectivity index (χ4n) is 2.11. The number of hydrogen-bond acceptors (Lipinski definition) is 3. The Balaban J connectivity index is 2.25. The summed E-state index contributed by atoms with van der Waals surface area (Å²) < 4.78 is 6.91. The molecule has 0 saturated carbocycles. The Labute approximate surface area is 142 Å². The third kappa shape index (κ3) is 8.74. The van der Waals surface area contributed by atoms with Crippen LogP contribution < -0.4 is 10.1 Å². The van der Waals surface area contributed by atoms with Crippen molar-refractivity contribution >= 4 is 27.7 Å². The topological polar surface area (TPSA) is 21.3 Å². The van der Waals surface area contributed by atoms with Gasteiger partial charge in [-0.2, -0.15) is 11.8 Å². The largest absolute Gasteiger partial charge is 0.493 e. The van der Waals surface area contributed by atoms with Gasteiger partial charge in [0.15, 0.2) is 0 Å². The zero-order chi connectivity index (χ0) is 15.3. The van der Waals surface area contributed by atoms with E-state index in [1.165, 1.54) is 37.0 Å². The van der Waals surface area contributed by atoms with Gasteiger partial charge in [-0.3, -0.25) is 0 Å². The molecule has 1 aromatic carbocycles. The second-order valence-electron chi connectivity index (χ2n) is 5.18. The Kier molecular flexibility index (Phi) is 11.1. The van der Waals surface area contributed by atoms with Crippen LogP contribution in [-0.2, 0) is 6.54 Å². The van der Waals surface area contributed by atoms with Crippen molar-refractivity contribution in [1.82, 2.24) is 5.32 Å². The van der Waals surface area contributed by atoms with Crippen LogP contribution in [0.5, 0.6) is 5.75 Å². The molecule has 0 unspecified atom stereocenters. The Morgan fingerprint density at radius 2 is 2.00 bits per heavy atom. The van der Waals surface area contributed by atoms with E-state index in [4.69, 9.17) is 4.74 Å². The van der Waals surface area contributed by atoms with Crippen molar-refractivity contribution in [3.63, 3.8) is 0 Å². The van der Waals surface area contributed by atoms with Crippen LogP contribution in [0.2, 0.25) is 0 Å². The number of rotatable bonds is 12. The van der Waals surface area contributed by atoms with Gasteiger partial charge in [0.1, 0.15) is 5.75 Å². The van der Waals surface area contributed by atoms with Crippen LogP contribution in [0.1, 0.15) is 44.6 Å². The number of halogens is 1. The van der Waals surface area contributed by atoms with E-state index in [0.29, 0.717) is 0 Å². The smallest absolute Gasteiger partial charge is 0.123 e. The highest BCUT2D eigenvalue weighted by atomic mass is 79.9. The van der Waals surface area contributed by atoms with Gasteiger partial charge < -0.3 is 10.1 Å². The van der Waals surface area contributed by atoms with Crippen LogP contribution in [0.25, 0.3) is 0 Å². The highest BCUT2D eigenvalue weighted by Crippen LogP contribution is 2.23. The lowest BCUT2D eigenvalue weighted by atomic mass is 10.2. The summed E-state index contributed by atoms with van der Waals surface area (Å²) in [6.07, 6.45) is 8.50. The first-order valence-electron chi connectivity index (χ1n) is 7.88. The number of thioether (sulfide) groups is 1. The molecule has 0 radical (unpaired) electrons. The molecular weight excluding hydrogens is 346 g/mol. The van der Waals surface area contributed by atoms with Crippen LogP contribution >= 0.6 is 27.7 Å². The molecule has 0 amide bonds. The van der Waals surface area contributed by atoms with Gasteiger partial charge in [0.05, 0.1) is 6.61 Å². The van der Waals surface area contributed by atoms with Gasteiger partial charge in [-0.1, -0.05) is 35.7 Å². The quantitative estimate of drug-likeness (QED) is 0.505. The second-order valence-corrected chi connectivity index (χ2v) is 7.09. The molecule has 0 bridgehead atoms. The molecule has 0 spiro atoms. The predicted molar refractivity (Wildman–Crippen MR) is 98.5 cm³/mol. The molecule has 1 N–H and O–H groups in total. The second kappa shape index (κ2) is 12.4. The van der Waals surface area contributed by atoms with E-state index >= 15 is 0 Å². The Morgan fingerprint density at radius 3 is 2.76 bits per heavy atom. The van der Waals surface area contributed by atoms with Crippen molar-refractivity contribution in [2.24, 2.45) is 0 Å². The van der Waals surface area contributed by atoms with Crippen LogP contribution in [0, 0.1) is 0 Å². The molecule has 21 heavy (non-hydrogen) atoms. The summed E-state index contributed by atoms with van der Waals surface area (Å²) in [4.78, 5) is 0. The molecule has 1 rings (SSSR count). The molecule has 4 heteroatoms. The Hall–Kier alpha value is -0.190. The molecule has 1 aromatic rings. The van der Waals surface area contributed by atoms with E-state index in [1.807, 2.05) is 17.8 Å². The molecule has 0 fully saturated rings. The molecular formula is C17H28BrNOS. The van der Waals surface area contributed by atoms with Crippen molar-refractivity contribution in [1.29, 1.82) is 0 Å². The lowest BCUT2D eigenvalue weighted by Crippen LogP contribution is -2.15. The molecule has 0 saturated heterocycles. The minimum atomic E-state index is 0.782. The third-order valence-electron chi connectivity index (χ3n) is 3.25. The number of ether oxygens (including phenoxy) is 1. The lowest BCUT2D eigenvalue weighted by molar-refractivity contribution is 0.313. The van der Waals surface area contributed by atoms with E-state index in [2.05, 4.69) is 46.6 Å². The minimum Gasteiger partial charge on any atom is -0.493 e. The summed E-state index contributed by atoms with van der Waals surface area (Å²) in [6.45, 7) is 4.88. The molecule has 0 aliphatic rings. The monoisotopic (exact) mass is 373 g/mol. The lowest BCUT2D eigenvalue weighted by Gasteiger charge is -2.12. The zero-order valence-electron chi connectivity index (χ0n) is 13.3. The van der Waals surface area contributed by atoms with Crippen molar-refractivity contribution in [3.8, 4) is 5.75 Å². The van der Waals surface area contributed by atoms with E-state index in [1.54, 1.807) is 0 Å². The standard InChI is InChI=1S/C17H28BrNOS/c1-3-11-20-17-9-8-16(18)13-15(17)14-19-10-6-4-5-7-12-21-2/h8-9,13,19H,3-7,10-12,14H2,1-2H3. The van der Waals surface area contributed by atoms with Crippen LogP contribution in [0.15, 0.2) is 22.7 Å². The van der Waals surface area contributed by atoms with Crippen LogP contribution in [0.3, 0.4) is 0 Å². The van der Waals surface area contributed by atoms with Crippen molar-refractivity contribution in [2.45, 2.75) is 45.6 Å². The first-order chi connectivity index (χ1) is 10.3. The summed E-state index contributed by atoms with van der Waals surface area (Å²) in [7, 11) is 0. The number of nitrogens with one attached hydrogen (secondary N) is 1. The minimum absolute atomic E-state index is 0.782. The van der Waals surface area contributed by atoms with Gasteiger partial charge in [-0.25, -0.2) is 0 Å². The van der Waals surface area contributed by atoms with E-state index in [-0.39, 0.29) is 0 Å². The summed E-state index contributed by atoms with van der Waals surface area (Å²) >= 11 is 5.48. The van der Waals surface area contributed by atoms with Gasteiger partial charge in [-0.05, 0) is 56.0 Å². The van der Waals surface area contributed by atoms with E-state index in [9.17, 15) is 0 Å². The summed E-state index contributed by atoms with van der Waals surface area (Å²) in [5.74, 6) is 2.30. The highest BCUT2D eigenvalue weighted by molar-refractivity contribution is 9.10. The van der Waals surface area contributed by atoms with Gasteiger partial charge in [-0.15, -0.1) is 0 Å². The maximum Gasteiger partial charge on any atom is 0.123 e. The molecule has 0 aromatic heterocycles. The molecule has 0 atom stereocenters. The van der Waals surface area contributed by atoms with Gasteiger partial charge in [0.2, 0.25) is 0 Å². The average Bonchev–Trinajstić information content (AvgIpc) is 2.49. The molecule has 2 nitrogen and oxygen atoms in total. The van der Waals surface area contributed by atoms with Crippen molar-refractivity contribution in [3.05, 3.63) is 28.2 Å².